The molecule has 0 amide bonds. The van der Waals surface area contributed by atoms with E-state index < -0.39 is 18.0 Å². The Morgan fingerprint density at radius 3 is 2.85 bits per heavy atom. The van der Waals surface area contributed by atoms with Crippen LogP contribution in [-0.2, 0) is 26.2 Å². The number of ether oxygens (including phenoxy) is 2. The number of likely N-dealkylation sites (N-methyl/N-ethyl adjacent to an activating group) is 1. The van der Waals surface area contributed by atoms with Crippen molar-refractivity contribution in [2.45, 2.75) is 69.9 Å². The van der Waals surface area contributed by atoms with E-state index in [1.807, 2.05) is 6.07 Å². The second-order valence-electron chi connectivity index (χ2n) is 8.50. The normalized spacial score (nSPS) is 30.6. The molecule has 4 atom stereocenters. The maximum Gasteiger partial charge on any atom is 0.352 e. The van der Waals surface area contributed by atoms with Gasteiger partial charge in [0.05, 0.1) is 0 Å². The molecule has 5 nitrogen and oxygen atoms in total. The van der Waals surface area contributed by atoms with Gasteiger partial charge < -0.3 is 14.4 Å². The zero-order valence-electron chi connectivity index (χ0n) is 16.5. The first-order chi connectivity index (χ1) is 12.9. The minimum absolute atomic E-state index is 0.229. The van der Waals surface area contributed by atoms with Gasteiger partial charge >= 0.3 is 11.9 Å². The molecule has 0 aromatic heterocycles. The van der Waals surface area contributed by atoms with E-state index in [-0.39, 0.29) is 5.41 Å². The lowest BCUT2D eigenvalue weighted by Crippen LogP contribution is -2.59. The fourth-order valence-corrected chi connectivity index (χ4v) is 5.74. The van der Waals surface area contributed by atoms with Gasteiger partial charge in [-0.1, -0.05) is 18.9 Å². The highest BCUT2D eigenvalue weighted by Crippen LogP contribution is 2.55. The summed E-state index contributed by atoms with van der Waals surface area (Å²) in [6, 6.07) is 6.73. The van der Waals surface area contributed by atoms with Crippen LogP contribution in [0.3, 0.4) is 0 Å². The maximum atomic E-state index is 12.2. The smallest absolute Gasteiger partial charge is 0.352 e. The summed E-state index contributed by atoms with van der Waals surface area (Å²) in [6.07, 6.45) is 6.49. The molecule has 1 aromatic rings. The fraction of sp³-hybridized carbons (Fsp3) is 0.636. The van der Waals surface area contributed by atoms with Crippen LogP contribution in [0, 0.1) is 5.92 Å². The van der Waals surface area contributed by atoms with E-state index in [2.05, 4.69) is 24.1 Å². The SMILES string of the molecule is CC(=O)OC(C)C(=O)Oc1ccc2c(c1)[C@@]13CCCC[C@H]1[C@@H](C2)N(C)CC3. The highest BCUT2D eigenvalue weighted by molar-refractivity contribution is 5.80. The van der Waals surface area contributed by atoms with Crippen molar-refractivity contribution in [1.82, 2.24) is 4.90 Å². The van der Waals surface area contributed by atoms with Crippen molar-refractivity contribution in [3.63, 3.8) is 0 Å². The van der Waals surface area contributed by atoms with Crippen LogP contribution < -0.4 is 4.74 Å². The summed E-state index contributed by atoms with van der Waals surface area (Å²) in [7, 11) is 2.26. The van der Waals surface area contributed by atoms with Crippen molar-refractivity contribution in [3.8, 4) is 5.75 Å². The lowest BCUT2D eigenvalue weighted by molar-refractivity contribution is -0.159. The highest BCUT2D eigenvalue weighted by Gasteiger charge is 2.53. The largest absolute Gasteiger partial charge is 0.451 e. The van der Waals surface area contributed by atoms with Gasteiger partial charge in [0.1, 0.15) is 5.75 Å². The second kappa shape index (κ2) is 6.93. The van der Waals surface area contributed by atoms with Crippen LogP contribution in [-0.4, -0.2) is 42.6 Å². The third-order valence-corrected chi connectivity index (χ3v) is 6.98. The average molecular weight is 371 g/mol. The number of fused-ring (bicyclic) bond motifs is 1. The van der Waals surface area contributed by atoms with Crippen LogP contribution in [0.1, 0.15) is 57.1 Å². The summed E-state index contributed by atoms with van der Waals surface area (Å²) in [6.45, 7) is 3.97. The van der Waals surface area contributed by atoms with Gasteiger partial charge in [-0.15, -0.1) is 0 Å². The summed E-state index contributed by atoms with van der Waals surface area (Å²) in [5, 5.41) is 0. The lowest BCUT2D eigenvalue weighted by atomic mass is 9.52. The van der Waals surface area contributed by atoms with Crippen LogP contribution in [0.5, 0.6) is 5.75 Å². The van der Waals surface area contributed by atoms with Gasteiger partial charge in [-0.3, -0.25) is 4.79 Å². The summed E-state index contributed by atoms with van der Waals surface area (Å²) >= 11 is 0. The molecule has 0 radical (unpaired) electrons. The Bertz CT molecular complexity index is 761. The van der Waals surface area contributed by atoms with E-state index in [0.29, 0.717) is 17.7 Å². The van der Waals surface area contributed by atoms with Crippen molar-refractivity contribution in [1.29, 1.82) is 0 Å². The van der Waals surface area contributed by atoms with Crippen LogP contribution in [0.25, 0.3) is 0 Å². The molecule has 2 bridgehead atoms. The fourth-order valence-electron chi connectivity index (χ4n) is 5.74. The molecule has 146 valence electrons. The first kappa shape index (κ1) is 18.5. The number of nitrogens with zero attached hydrogens (tertiary/aromatic N) is 1. The van der Waals surface area contributed by atoms with Gasteiger partial charge in [-0.05, 0) is 75.4 Å². The first-order valence-electron chi connectivity index (χ1n) is 10.1. The molecule has 3 aliphatic rings. The number of hydrogen-bond donors (Lipinski definition) is 0. The molecular formula is C22H29NO4. The van der Waals surface area contributed by atoms with Crippen LogP contribution in [0.2, 0.25) is 0 Å². The Kier molecular flexibility index (Phi) is 4.75. The number of hydrogen-bond acceptors (Lipinski definition) is 5. The quantitative estimate of drug-likeness (QED) is 0.603. The number of rotatable bonds is 3. The summed E-state index contributed by atoms with van der Waals surface area (Å²) in [5.74, 6) is 0.253. The first-order valence-corrected chi connectivity index (χ1v) is 10.1. The Morgan fingerprint density at radius 1 is 1.26 bits per heavy atom. The molecule has 5 heteroatoms. The minimum atomic E-state index is -0.896. The molecule has 4 rings (SSSR count). The van der Waals surface area contributed by atoms with E-state index in [0.717, 1.165) is 13.0 Å². The predicted octanol–water partition coefficient (Wildman–Crippen LogP) is 3.23. The van der Waals surface area contributed by atoms with Gasteiger partial charge in [0.2, 0.25) is 0 Å². The van der Waals surface area contributed by atoms with E-state index in [4.69, 9.17) is 9.47 Å². The van der Waals surface area contributed by atoms with E-state index in [1.165, 1.54) is 50.2 Å². The van der Waals surface area contributed by atoms with Gasteiger partial charge in [0.15, 0.2) is 6.10 Å². The molecule has 1 aliphatic heterocycles. The Morgan fingerprint density at radius 2 is 2.07 bits per heavy atom. The summed E-state index contributed by atoms with van der Waals surface area (Å²) < 4.78 is 10.5. The number of carbonyl (C=O) groups is 2. The molecule has 0 spiro atoms. The number of likely N-dealkylation sites (tertiary alicyclic amines) is 1. The third kappa shape index (κ3) is 3.16. The van der Waals surface area contributed by atoms with Crippen molar-refractivity contribution >= 4 is 11.9 Å². The molecule has 2 aliphatic carbocycles. The lowest BCUT2D eigenvalue weighted by Gasteiger charge is -2.58. The van der Waals surface area contributed by atoms with E-state index in [1.54, 1.807) is 6.92 Å². The zero-order valence-corrected chi connectivity index (χ0v) is 16.5. The highest BCUT2D eigenvalue weighted by atomic mass is 16.6. The molecule has 1 unspecified atom stereocenters. The van der Waals surface area contributed by atoms with Crippen molar-refractivity contribution in [2.75, 3.05) is 13.6 Å². The van der Waals surface area contributed by atoms with Crippen molar-refractivity contribution in [2.24, 2.45) is 5.92 Å². The van der Waals surface area contributed by atoms with Crippen molar-refractivity contribution in [3.05, 3.63) is 29.3 Å². The molecule has 1 heterocycles. The molecule has 2 fully saturated rings. The number of esters is 2. The van der Waals surface area contributed by atoms with Gasteiger partial charge in [0, 0.05) is 18.4 Å². The monoisotopic (exact) mass is 371 g/mol. The summed E-state index contributed by atoms with van der Waals surface area (Å²) in [5.41, 5.74) is 3.02. The molecule has 27 heavy (non-hydrogen) atoms. The van der Waals surface area contributed by atoms with Crippen LogP contribution >= 0.6 is 0 Å². The van der Waals surface area contributed by atoms with E-state index >= 15 is 0 Å². The minimum Gasteiger partial charge on any atom is -0.451 e. The topological polar surface area (TPSA) is 55.8 Å². The zero-order chi connectivity index (χ0) is 19.2. The van der Waals surface area contributed by atoms with Gasteiger partial charge in [-0.25, -0.2) is 4.79 Å². The van der Waals surface area contributed by atoms with Gasteiger partial charge in [-0.2, -0.15) is 0 Å². The molecule has 0 N–H and O–H groups in total. The number of carbonyl (C=O) groups excluding carboxylic acids is 2. The maximum absolute atomic E-state index is 12.2. The average Bonchev–Trinajstić information content (AvgIpc) is 2.64. The van der Waals surface area contributed by atoms with E-state index in [9.17, 15) is 9.59 Å². The molecule has 1 saturated heterocycles. The number of piperidine rings is 1. The van der Waals surface area contributed by atoms with Crippen LogP contribution in [0.15, 0.2) is 18.2 Å². The van der Waals surface area contributed by atoms with Gasteiger partial charge in [0.25, 0.3) is 0 Å². The number of benzene rings is 1. The Hall–Kier alpha value is -1.88. The predicted molar refractivity (Wildman–Crippen MR) is 102 cm³/mol. The Labute approximate surface area is 161 Å². The van der Waals surface area contributed by atoms with Crippen LogP contribution in [0.4, 0.5) is 0 Å². The molecular weight excluding hydrogens is 342 g/mol. The Balaban J connectivity index is 1.64. The molecule has 1 aromatic carbocycles. The second-order valence-corrected chi connectivity index (χ2v) is 8.50. The third-order valence-electron chi connectivity index (χ3n) is 6.98. The summed E-state index contributed by atoms with van der Waals surface area (Å²) in [4.78, 5) is 25.9. The molecule has 1 saturated carbocycles. The standard InChI is InChI=1S/C22H29NO4/c1-14(26-15(2)24)21(25)27-17-8-7-16-12-20-18-6-4-5-9-22(18,19(16)13-17)10-11-23(20)3/h7-8,13-14,18,20H,4-6,9-12H2,1-3H3/t14?,18-,20+,22+/m0/s1. The van der Waals surface area contributed by atoms with Crippen molar-refractivity contribution < 1.29 is 19.1 Å².